The molecule has 3 rings (SSSR count). The highest BCUT2D eigenvalue weighted by atomic mass is 127. The summed E-state index contributed by atoms with van der Waals surface area (Å²) in [6.07, 6.45) is 10.4. The van der Waals surface area contributed by atoms with E-state index in [1.807, 2.05) is 18.4 Å². The first-order chi connectivity index (χ1) is 12.8. The van der Waals surface area contributed by atoms with E-state index in [0.29, 0.717) is 12.1 Å². The Morgan fingerprint density at radius 3 is 2.67 bits per heavy atom. The van der Waals surface area contributed by atoms with Crippen LogP contribution in [-0.4, -0.2) is 51.4 Å². The first-order valence-corrected chi connectivity index (χ1v) is 11.1. The molecule has 0 atom stereocenters. The molecule has 1 aromatic rings. The normalized spacial score (nSPS) is 19.6. The summed E-state index contributed by atoms with van der Waals surface area (Å²) >= 11 is 1.83. The van der Waals surface area contributed by atoms with E-state index < -0.39 is 0 Å². The lowest BCUT2D eigenvalue weighted by molar-refractivity contribution is 0.0277. The maximum Gasteiger partial charge on any atom is 0.191 e. The summed E-state index contributed by atoms with van der Waals surface area (Å²) in [4.78, 5) is 6.87. The standard InChI is InChI=1S/C20H34N4OS.HI/c1-21-20(22-12-6-15-25-18-7-3-2-4-8-18)23-17-10-13-24(14-11-17)19-9-5-16-26-19;/h5,9,16-18H,2-4,6-8,10-15H2,1H3,(H2,21,22,23);1H. The van der Waals surface area contributed by atoms with Crippen molar-refractivity contribution in [3.8, 4) is 0 Å². The van der Waals surface area contributed by atoms with E-state index in [9.17, 15) is 0 Å². The van der Waals surface area contributed by atoms with E-state index in [2.05, 4.69) is 38.0 Å². The van der Waals surface area contributed by atoms with Gasteiger partial charge in [0.25, 0.3) is 0 Å². The summed E-state index contributed by atoms with van der Waals surface area (Å²) in [6.45, 7) is 4.00. The molecule has 0 bridgehead atoms. The summed E-state index contributed by atoms with van der Waals surface area (Å²) in [5, 5.41) is 10.6. The zero-order valence-corrected chi connectivity index (χ0v) is 19.6. The Labute approximate surface area is 185 Å². The van der Waals surface area contributed by atoms with Crippen molar-refractivity contribution in [1.82, 2.24) is 10.6 Å². The molecular formula is C20H35IN4OS. The van der Waals surface area contributed by atoms with Gasteiger partial charge in [-0.3, -0.25) is 4.99 Å². The summed E-state index contributed by atoms with van der Waals surface area (Å²) in [7, 11) is 1.86. The van der Waals surface area contributed by atoms with E-state index in [4.69, 9.17) is 4.74 Å². The molecule has 1 aliphatic carbocycles. The average Bonchev–Trinajstić information content (AvgIpc) is 3.23. The van der Waals surface area contributed by atoms with Gasteiger partial charge in [0.05, 0.1) is 11.1 Å². The number of nitrogens with one attached hydrogen (secondary N) is 2. The molecule has 0 aromatic carbocycles. The fourth-order valence-electron chi connectivity index (χ4n) is 3.84. The van der Waals surface area contributed by atoms with E-state index in [1.54, 1.807) is 0 Å². The molecule has 1 aromatic heterocycles. The van der Waals surface area contributed by atoms with Crippen molar-refractivity contribution in [2.24, 2.45) is 4.99 Å². The molecule has 0 radical (unpaired) electrons. The number of rotatable bonds is 7. The quantitative estimate of drug-likeness (QED) is 0.252. The van der Waals surface area contributed by atoms with Crippen molar-refractivity contribution in [3.05, 3.63) is 17.5 Å². The minimum atomic E-state index is 0. The summed E-state index contributed by atoms with van der Waals surface area (Å²) in [5.74, 6) is 0.928. The minimum Gasteiger partial charge on any atom is -0.378 e. The Morgan fingerprint density at radius 1 is 1.22 bits per heavy atom. The van der Waals surface area contributed by atoms with Gasteiger partial charge in [-0.2, -0.15) is 0 Å². The number of aliphatic imine (C=N–C) groups is 1. The molecule has 2 aliphatic rings. The van der Waals surface area contributed by atoms with Gasteiger partial charge in [-0.05, 0) is 49.6 Å². The smallest absolute Gasteiger partial charge is 0.191 e. The molecule has 0 unspecified atom stereocenters. The van der Waals surface area contributed by atoms with Crippen molar-refractivity contribution in [1.29, 1.82) is 0 Å². The van der Waals surface area contributed by atoms with Crippen LogP contribution in [0.1, 0.15) is 51.4 Å². The van der Waals surface area contributed by atoms with E-state index in [-0.39, 0.29) is 24.0 Å². The fourth-order valence-corrected chi connectivity index (χ4v) is 4.63. The largest absolute Gasteiger partial charge is 0.378 e. The molecule has 1 saturated carbocycles. The summed E-state index contributed by atoms with van der Waals surface area (Å²) in [6, 6.07) is 4.86. The van der Waals surface area contributed by atoms with Crippen molar-refractivity contribution >= 4 is 46.3 Å². The van der Waals surface area contributed by atoms with Crippen molar-refractivity contribution < 1.29 is 4.74 Å². The number of nitrogens with zero attached hydrogens (tertiary/aromatic N) is 2. The van der Waals surface area contributed by atoms with Crippen molar-refractivity contribution in [2.45, 2.75) is 63.5 Å². The minimum absolute atomic E-state index is 0. The number of hydrogen-bond acceptors (Lipinski definition) is 4. The molecule has 0 spiro atoms. The Morgan fingerprint density at radius 2 is 2.00 bits per heavy atom. The topological polar surface area (TPSA) is 48.9 Å². The highest BCUT2D eigenvalue weighted by Gasteiger charge is 2.20. The van der Waals surface area contributed by atoms with Gasteiger partial charge >= 0.3 is 0 Å². The predicted octanol–water partition coefficient (Wildman–Crippen LogP) is 4.24. The van der Waals surface area contributed by atoms with Gasteiger partial charge in [-0.25, -0.2) is 0 Å². The molecule has 1 saturated heterocycles. The molecule has 2 heterocycles. The van der Waals surface area contributed by atoms with Crippen LogP contribution in [0.3, 0.4) is 0 Å². The average molecular weight is 506 g/mol. The lowest BCUT2D eigenvalue weighted by Gasteiger charge is -2.33. The van der Waals surface area contributed by atoms with Crippen LogP contribution >= 0.6 is 35.3 Å². The van der Waals surface area contributed by atoms with Crippen LogP contribution < -0.4 is 15.5 Å². The van der Waals surface area contributed by atoms with Crippen LogP contribution in [0, 0.1) is 0 Å². The fraction of sp³-hybridized carbons (Fsp3) is 0.750. The molecule has 7 heteroatoms. The number of hydrogen-bond donors (Lipinski definition) is 2. The van der Waals surface area contributed by atoms with Gasteiger partial charge < -0.3 is 20.3 Å². The van der Waals surface area contributed by atoms with E-state index in [0.717, 1.165) is 51.5 Å². The number of halogens is 1. The van der Waals surface area contributed by atoms with Crippen LogP contribution in [0.15, 0.2) is 22.5 Å². The molecule has 0 amide bonds. The van der Waals surface area contributed by atoms with Gasteiger partial charge in [0, 0.05) is 39.3 Å². The molecular weight excluding hydrogens is 471 g/mol. The molecule has 154 valence electrons. The van der Waals surface area contributed by atoms with Crippen molar-refractivity contribution in [3.63, 3.8) is 0 Å². The van der Waals surface area contributed by atoms with Gasteiger partial charge in [0.2, 0.25) is 0 Å². The maximum atomic E-state index is 5.99. The highest BCUT2D eigenvalue weighted by molar-refractivity contribution is 14.0. The Bertz CT molecular complexity index is 526. The van der Waals surface area contributed by atoms with Crippen LogP contribution in [0.2, 0.25) is 0 Å². The SMILES string of the molecule is CN=C(NCCCOC1CCCCC1)NC1CCN(c2cccs2)CC1.I. The second-order valence-electron chi connectivity index (χ2n) is 7.34. The number of thiophene rings is 1. The zero-order chi connectivity index (χ0) is 18.0. The zero-order valence-electron chi connectivity index (χ0n) is 16.5. The Hall–Kier alpha value is -0.540. The maximum absolute atomic E-state index is 5.99. The number of guanidine groups is 1. The Balaban J connectivity index is 0.00000261. The third-order valence-corrected chi connectivity index (χ3v) is 6.33. The van der Waals surface area contributed by atoms with Crippen molar-refractivity contribution in [2.75, 3.05) is 38.2 Å². The monoisotopic (exact) mass is 506 g/mol. The second kappa shape index (κ2) is 12.8. The number of anilines is 1. The van der Waals surface area contributed by atoms with Crippen LogP contribution in [0.4, 0.5) is 5.00 Å². The van der Waals surface area contributed by atoms with Gasteiger partial charge in [0.1, 0.15) is 0 Å². The first kappa shape index (κ1) is 22.7. The summed E-state index contributed by atoms with van der Waals surface area (Å²) < 4.78 is 5.99. The Kier molecular flexibility index (Phi) is 10.8. The van der Waals surface area contributed by atoms with Crippen LogP contribution in [0.25, 0.3) is 0 Å². The van der Waals surface area contributed by atoms with E-state index in [1.165, 1.54) is 37.1 Å². The number of piperidine rings is 1. The van der Waals surface area contributed by atoms with Gasteiger partial charge in [-0.15, -0.1) is 35.3 Å². The molecule has 2 fully saturated rings. The molecule has 1 aliphatic heterocycles. The van der Waals surface area contributed by atoms with E-state index >= 15 is 0 Å². The van der Waals surface area contributed by atoms with Crippen LogP contribution in [-0.2, 0) is 4.74 Å². The lowest BCUT2D eigenvalue weighted by atomic mass is 9.98. The van der Waals surface area contributed by atoms with Crippen LogP contribution in [0.5, 0.6) is 0 Å². The molecule has 2 N–H and O–H groups in total. The second-order valence-corrected chi connectivity index (χ2v) is 8.27. The molecule has 27 heavy (non-hydrogen) atoms. The predicted molar refractivity (Wildman–Crippen MR) is 127 cm³/mol. The third-order valence-electron chi connectivity index (χ3n) is 5.40. The highest BCUT2D eigenvalue weighted by Crippen LogP contribution is 2.24. The van der Waals surface area contributed by atoms with Gasteiger partial charge in [0.15, 0.2) is 5.96 Å². The first-order valence-electron chi connectivity index (χ1n) is 10.2. The van der Waals surface area contributed by atoms with Gasteiger partial charge in [-0.1, -0.05) is 19.3 Å². The number of ether oxygens (including phenoxy) is 1. The summed E-state index contributed by atoms with van der Waals surface area (Å²) in [5.41, 5.74) is 0. The molecule has 5 nitrogen and oxygen atoms in total. The third kappa shape index (κ3) is 7.77. The lowest BCUT2D eigenvalue weighted by Crippen LogP contribution is -2.48.